The Hall–Kier alpha value is -0.960. The largest absolute Gasteiger partial charge is 0.316 e. The molecule has 2 aliphatic carbocycles. The zero-order valence-electron chi connectivity index (χ0n) is 10.7. The van der Waals surface area contributed by atoms with Gasteiger partial charge in [-0.3, -0.25) is 0 Å². The monoisotopic (exact) mass is 251 g/mol. The number of hydrogen-bond donors (Lipinski definition) is 1. The normalized spacial score (nSPS) is 22.8. The van der Waals surface area contributed by atoms with E-state index in [-0.39, 0.29) is 11.2 Å². The van der Waals surface area contributed by atoms with E-state index in [1.165, 1.54) is 18.9 Å². The third-order valence-corrected chi connectivity index (χ3v) is 4.60. The van der Waals surface area contributed by atoms with E-state index in [2.05, 4.69) is 12.2 Å². The van der Waals surface area contributed by atoms with E-state index in [0.717, 1.165) is 32.0 Å². The minimum absolute atomic E-state index is 0.107. The lowest BCUT2D eigenvalue weighted by Gasteiger charge is -2.49. The van der Waals surface area contributed by atoms with Crippen LogP contribution in [0.3, 0.4) is 0 Å². The van der Waals surface area contributed by atoms with Crippen molar-refractivity contribution in [2.45, 2.75) is 38.0 Å². The average Bonchev–Trinajstić information content (AvgIpc) is 3.05. The van der Waals surface area contributed by atoms with Gasteiger partial charge in [0, 0.05) is 18.0 Å². The summed E-state index contributed by atoms with van der Waals surface area (Å²) in [6, 6.07) is 4.03. The molecule has 2 fully saturated rings. The van der Waals surface area contributed by atoms with Gasteiger partial charge in [0.2, 0.25) is 0 Å². The van der Waals surface area contributed by atoms with Gasteiger partial charge in [0.15, 0.2) is 0 Å². The van der Waals surface area contributed by atoms with Gasteiger partial charge in [-0.1, -0.05) is 13.0 Å². The van der Waals surface area contributed by atoms with Crippen LogP contribution in [-0.4, -0.2) is 13.1 Å². The highest BCUT2D eigenvalue weighted by molar-refractivity contribution is 5.35. The molecule has 0 unspecified atom stereocenters. The lowest BCUT2D eigenvalue weighted by atomic mass is 9.56. The third-order valence-electron chi connectivity index (χ3n) is 4.60. The molecular weight excluding hydrogens is 232 g/mol. The summed E-state index contributed by atoms with van der Waals surface area (Å²) in [5, 5.41) is 3.34. The molecule has 2 saturated carbocycles. The highest BCUT2D eigenvalue weighted by Crippen LogP contribution is 2.68. The zero-order chi connectivity index (χ0) is 12.8. The Morgan fingerprint density at radius 3 is 2.50 bits per heavy atom. The fourth-order valence-electron chi connectivity index (χ4n) is 3.61. The molecule has 1 N–H and O–H groups in total. The first-order chi connectivity index (χ1) is 8.59. The van der Waals surface area contributed by atoms with Crippen molar-refractivity contribution in [3.63, 3.8) is 0 Å². The van der Waals surface area contributed by atoms with Gasteiger partial charge in [0.1, 0.15) is 11.6 Å². The Morgan fingerprint density at radius 1 is 1.22 bits per heavy atom. The summed E-state index contributed by atoms with van der Waals surface area (Å²) in [7, 11) is 0. The van der Waals surface area contributed by atoms with Crippen LogP contribution in [0.1, 0.15) is 38.2 Å². The molecule has 3 rings (SSSR count). The van der Waals surface area contributed by atoms with Crippen molar-refractivity contribution in [2.24, 2.45) is 5.41 Å². The average molecular weight is 251 g/mol. The van der Waals surface area contributed by atoms with E-state index in [9.17, 15) is 8.78 Å². The van der Waals surface area contributed by atoms with E-state index in [4.69, 9.17) is 0 Å². The van der Waals surface area contributed by atoms with Gasteiger partial charge in [-0.25, -0.2) is 8.78 Å². The van der Waals surface area contributed by atoms with Crippen LogP contribution in [0.25, 0.3) is 0 Å². The van der Waals surface area contributed by atoms with E-state index in [1.807, 2.05) is 0 Å². The van der Waals surface area contributed by atoms with E-state index in [1.54, 1.807) is 6.07 Å². The summed E-state index contributed by atoms with van der Waals surface area (Å²) in [5.74, 6) is -0.876. The molecule has 0 atom stereocenters. The maximum absolute atomic E-state index is 14.0. The van der Waals surface area contributed by atoms with Gasteiger partial charge in [0.25, 0.3) is 0 Å². The summed E-state index contributed by atoms with van der Waals surface area (Å²) in [6.07, 6.45) is 4.67. The number of benzene rings is 1. The molecule has 1 aromatic carbocycles. The summed E-state index contributed by atoms with van der Waals surface area (Å²) in [6.45, 7) is 3.74. The van der Waals surface area contributed by atoms with Gasteiger partial charge in [-0.15, -0.1) is 0 Å². The number of likely N-dealkylation sites (N-methyl/N-ethyl adjacent to an activating group) is 1. The Bertz CT molecular complexity index is 458. The van der Waals surface area contributed by atoms with Gasteiger partial charge < -0.3 is 5.32 Å². The zero-order valence-corrected chi connectivity index (χ0v) is 10.7. The molecule has 18 heavy (non-hydrogen) atoms. The minimum Gasteiger partial charge on any atom is -0.316 e. The maximum Gasteiger partial charge on any atom is 0.129 e. The molecule has 0 bridgehead atoms. The number of nitrogens with one attached hydrogen (secondary N) is 1. The molecule has 98 valence electrons. The molecule has 3 heteroatoms. The van der Waals surface area contributed by atoms with Crippen molar-refractivity contribution in [1.82, 2.24) is 5.32 Å². The molecule has 0 aliphatic heterocycles. The topological polar surface area (TPSA) is 12.0 Å². The highest BCUT2D eigenvalue weighted by Gasteiger charge is 2.61. The van der Waals surface area contributed by atoms with E-state index >= 15 is 0 Å². The van der Waals surface area contributed by atoms with Crippen LogP contribution >= 0.6 is 0 Å². The standard InChI is InChI=1S/C15H19F2N/c1-2-18-10-15(8-14(9-15)5-6-14)12-4-3-11(16)7-13(12)17/h3-4,7,18H,2,5-6,8-10H2,1H3. The van der Waals surface area contributed by atoms with Crippen molar-refractivity contribution in [3.8, 4) is 0 Å². The Balaban J connectivity index is 1.88. The van der Waals surface area contributed by atoms with Crippen molar-refractivity contribution in [1.29, 1.82) is 0 Å². The number of halogens is 2. The maximum atomic E-state index is 14.0. The lowest BCUT2D eigenvalue weighted by molar-refractivity contribution is 0.113. The Labute approximate surface area is 107 Å². The first-order valence-electron chi connectivity index (χ1n) is 6.76. The van der Waals surface area contributed by atoms with Crippen LogP contribution in [0.5, 0.6) is 0 Å². The molecule has 2 aliphatic rings. The van der Waals surface area contributed by atoms with Gasteiger partial charge in [-0.2, -0.15) is 0 Å². The third kappa shape index (κ3) is 1.85. The SMILES string of the molecule is CCNCC1(c2ccc(F)cc2F)CC2(CC2)C1. The second-order valence-corrected chi connectivity index (χ2v) is 6.04. The fraction of sp³-hybridized carbons (Fsp3) is 0.600. The fourth-order valence-corrected chi connectivity index (χ4v) is 3.61. The molecular formula is C15H19F2N. The van der Waals surface area contributed by atoms with Crippen LogP contribution in [0.2, 0.25) is 0 Å². The first kappa shape index (κ1) is 12.1. The van der Waals surface area contributed by atoms with Gasteiger partial charge in [-0.05, 0) is 49.3 Å². The van der Waals surface area contributed by atoms with E-state index < -0.39 is 5.82 Å². The van der Waals surface area contributed by atoms with Crippen molar-refractivity contribution in [3.05, 3.63) is 35.4 Å². The first-order valence-corrected chi connectivity index (χ1v) is 6.76. The Morgan fingerprint density at radius 2 is 1.94 bits per heavy atom. The molecule has 1 spiro atoms. The van der Waals surface area contributed by atoms with Crippen LogP contribution < -0.4 is 5.32 Å². The van der Waals surface area contributed by atoms with Crippen LogP contribution in [-0.2, 0) is 5.41 Å². The second-order valence-electron chi connectivity index (χ2n) is 6.04. The number of hydrogen-bond acceptors (Lipinski definition) is 1. The number of rotatable bonds is 4. The highest BCUT2D eigenvalue weighted by atomic mass is 19.1. The van der Waals surface area contributed by atoms with Crippen LogP contribution in [0, 0.1) is 17.0 Å². The van der Waals surface area contributed by atoms with Crippen molar-refractivity contribution in [2.75, 3.05) is 13.1 Å². The Kier molecular flexibility index (Phi) is 2.70. The molecule has 1 nitrogen and oxygen atoms in total. The quantitative estimate of drug-likeness (QED) is 0.865. The summed E-state index contributed by atoms with van der Waals surface area (Å²) >= 11 is 0. The molecule has 0 saturated heterocycles. The second kappa shape index (κ2) is 4.02. The van der Waals surface area contributed by atoms with E-state index in [0.29, 0.717) is 11.0 Å². The van der Waals surface area contributed by atoms with Gasteiger partial charge in [0.05, 0.1) is 0 Å². The van der Waals surface area contributed by atoms with Crippen LogP contribution in [0.4, 0.5) is 8.78 Å². The molecule has 0 radical (unpaired) electrons. The molecule has 0 aromatic heterocycles. The summed E-state index contributed by atoms with van der Waals surface area (Å²) < 4.78 is 27.0. The molecule has 0 amide bonds. The van der Waals surface area contributed by atoms with Crippen molar-refractivity contribution < 1.29 is 8.78 Å². The predicted molar refractivity (Wildman–Crippen MR) is 67.5 cm³/mol. The van der Waals surface area contributed by atoms with Crippen LogP contribution in [0.15, 0.2) is 18.2 Å². The smallest absolute Gasteiger partial charge is 0.129 e. The lowest BCUT2D eigenvalue weighted by Crippen LogP contribution is -2.50. The minimum atomic E-state index is -0.490. The predicted octanol–water partition coefficient (Wildman–Crippen LogP) is 3.39. The molecule has 1 aromatic rings. The van der Waals surface area contributed by atoms with Gasteiger partial charge >= 0.3 is 0 Å². The van der Waals surface area contributed by atoms with Crippen molar-refractivity contribution >= 4 is 0 Å². The summed E-state index contributed by atoms with van der Waals surface area (Å²) in [5.41, 5.74) is 1.09. The summed E-state index contributed by atoms with van der Waals surface area (Å²) in [4.78, 5) is 0. The molecule has 0 heterocycles.